The topological polar surface area (TPSA) is 44.8 Å². The van der Waals surface area contributed by atoms with E-state index in [-0.39, 0.29) is 6.03 Å². The molecule has 0 aromatic heterocycles. The minimum atomic E-state index is -0.0630. The normalized spacial score (nSPS) is 14.3. The molecule has 0 saturated carbocycles. The van der Waals surface area contributed by atoms with Crippen molar-refractivity contribution in [2.75, 3.05) is 43.5 Å². The first-order valence-corrected chi connectivity index (χ1v) is 9.22. The molecule has 1 fully saturated rings. The summed E-state index contributed by atoms with van der Waals surface area (Å²) in [5, 5.41) is 3.65. The molecule has 26 heavy (non-hydrogen) atoms. The first-order valence-electron chi connectivity index (χ1n) is 8.84. The van der Waals surface area contributed by atoms with Crippen molar-refractivity contribution in [2.24, 2.45) is 0 Å². The van der Waals surface area contributed by atoms with Gasteiger partial charge in [0, 0.05) is 36.9 Å². The number of halogens is 1. The van der Waals surface area contributed by atoms with Gasteiger partial charge < -0.3 is 19.9 Å². The maximum absolute atomic E-state index is 12.5. The van der Waals surface area contributed by atoms with Gasteiger partial charge in [-0.25, -0.2) is 4.79 Å². The highest BCUT2D eigenvalue weighted by Crippen LogP contribution is 2.31. The number of carbonyl (C=O) groups excluding carboxylic acids is 1. The number of carbonyl (C=O) groups is 1. The van der Waals surface area contributed by atoms with Crippen molar-refractivity contribution in [2.45, 2.75) is 13.3 Å². The number of anilines is 2. The van der Waals surface area contributed by atoms with Crippen LogP contribution < -0.4 is 15.0 Å². The summed E-state index contributed by atoms with van der Waals surface area (Å²) in [7, 11) is 1.65. The predicted molar refractivity (Wildman–Crippen MR) is 107 cm³/mol. The quantitative estimate of drug-likeness (QED) is 0.870. The van der Waals surface area contributed by atoms with E-state index < -0.39 is 0 Å². The number of urea groups is 1. The van der Waals surface area contributed by atoms with Crippen LogP contribution in [0.4, 0.5) is 16.2 Å². The average molecular weight is 374 g/mol. The summed E-state index contributed by atoms with van der Waals surface area (Å²) in [4.78, 5) is 16.5. The van der Waals surface area contributed by atoms with Gasteiger partial charge in [0.1, 0.15) is 5.75 Å². The van der Waals surface area contributed by atoms with E-state index in [1.54, 1.807) is 7.11 Å². The van der Waals surface area contributed by atoms with Gasteiger partial charge in [-0.2, -0.15) is 0 Å². The van der Waals surface area contributed by atoms with E-state index in [0.717, 1.165) is 36.6 Å². The van der Waals surface area contributed by atoms with E-state index in [0.29, 0.717) is 18.1 Å². The minimum absolute atomic E-state index is 0.0630. The minimum Gasteiger partial charge on any atom is -0.495 e. The fourth-order valence-corrected chi connectivity index (χ4v) is 3.25. The van der Waals surface area contributed by atoms with Gasteiger partial charge in [-0.05, 0) is 42.3 Å². The SMILES string of the molecule is CCc1ccc(NC(=O)N2CCN(c3cc(Cl)ccc3OC)CC2)cc1. The Morgan fingerprint density at radius 2 is 1.81 bits per heavy atom. The maximum Gasteiger partial charge on any atom is 0.321 e. The molecule has 1 aliphatic heterocycles. The fraction of sp³-hybridized carbons (Fsp3) is 0.350. The molecule has 0 atom stereocenters. The summed E-state index contributed by atoms with van der Waals surface area (Å²) in [6, 6.07) is 13.5. The number of aryl methyl sites for hydroxylation is 1. The molecule has 138 valence electrons. The molecule has 5 nitrogen and oxygen atoms in total. The first-order chi connectivity index (χ1) is 12.6. The van der Waals surface area contributed by atoms with Crippen LogP contribution in [0.25, 0.3) is 0 Å². The highest BCUT2D eigenvalue weighted by molar-refractivity contribution is 6.30. The standard InChI is InChI=1S/C20H24ClN3O2/c1-3-15-4-7-17(8-5-15)22-20(25)24-12-10-23(11-13-24)18-14-16(21)6-9-19(18)26-2/h4-9,14H,3,10-13H2,1-2H3,(H,22,25). The van der Waals surface area contributed by atoms with Gasteiger partial charge in [0.15, 0.2) is 0 Å². The second-order valence-electron chi connectivity index (χ2n) is 6.27. The molecule has 2 amide bonds. The Morgan fingerprint density at radius 3 is 2.42 bits per heavy atom. The van der Waals surface area contributed by atoms with Crippen molar-refractivity contribution >= 4 is 29.0 Å². The van der Waals surface area contributed by atoms with Gasteiger partial charge in [-0.3, -0.25) is 0 Å². The second-order valence-corrected chi connectivity index (χ2v) is 6.71. The van der Waals surface area contributed by atoms with Crippen LogP contribution in [-0.4, -0.2) is 44.2 Å². The van der Waals surface area contributed by atoms with Crippen molar-refractivity contribution < 1.29 is 9.53 Å². The number of piperazine rings is 1. The van der Waals surface area contributed by atoms with Crippen molar-refractivity contribution in [1.82, 2.24) is 4.90 Å². The van der Waals surface area contributed by atoms with Crippen LogP contribution in [-0.2, 0) is 6.42 Å². The molecule has 0 aliphatic carbocycles. The number of methoxy groups -OCH3 is 1. The molecule has 2 aromatic rings. The molecule has 0 bridgehead atoms. The lowest BCUT2D eigenvalue weighted by molar-refractivity contribution is 0.208. The maximum atomic E-state index is 12.5. The molecule has 1 saturated heterocycles. The highest BCUT2D eigenvalue weighted by Gasteiger charge is 2.23. The number of rotatable bonds is 4. The summed E-state index contributed by atoms with van der Waals surface area (Å²) in [5.41, 5.74) is 3.05. The van der Waals surface area contributed by atoms with Gasteiger partial charge in [-0.15, -0.1) is 0 Å². The van der Waals surface area contributed by atoms with Gasteiger partial charge in [-0.1, -0.05) is 30.7 Å². The van der Waals surface area contributed by atoms with Crippen LogP contribution in [0.3, 0.4) is 0 Å². The molecule has 0 unspecified atom stereocenters. The highest BCUT2D eigenvalue weighted by atomic mass is 35.5. The second kappa shape index (κ2) is 8.32. The summed E-state index contributed by atoms with van der Waals surface area (Å²) >= 11 is 6.13. The van der Waals surface area contributed by atoms with E-state index in [1.165, 1.54) is 5.56 Å². The molecule has 6 heteroatoms. The lowest BCUT2D eigenvalue weighted by atomic mass is 10.1. The monoisotopic (exact) mass is 373 g/mol. The zero-order chi connectivity index (χ0) is 18.5. The third-order valence-electron chi connectivity index (χ3n) is 4.66. The first kappa shape index (κ1) is 18.4. The Labute approximate surface area is 159 Å². The summed E-state index contributed by atoms with van der Waals surface area (Å²) in [6.07, 6.45) is 0.989. The number of nitrogens with zero attached hydrogens (tertiary/aromatic N) is 2. The number of amides is 2. The molecular weight excluding hydrogens is 350 g/mol. The van der Waals surface area contributed by atoms with Crippen molar-refractivity contribution in [3.05, 3.63) is 53.1 Å². The van der Waals surface area contributed by atoms with Gasteiger partial charge in [0.2, 0.25) is 0 Å². The molecular formula is C20H24ClN3O2. The Morgan fingerprint density at radius 1 is 1.12 bits per heavy atom. The van der Waals surface area contributed by atoms with Crippen molar-refractivity contribution in [1.29, 1.82) is 0 Å². The van der Waals surface area contributed by atoms with E-state index in [9.17, 15) is 4.79 Å². The molecule has 0 radical (unpaired) electrons. The van der Waals surface area contributed by atoms with Crippen LogP contribution in [0.5, 0.6) is 5.75 Å². The smallest absolute Gasteiger partial charge is 0.321 e. The summed E-state index contributed by atoms with van der Waals surface area (Å²) in [6.45, 7) is 4.88. The van der Waals surface area contributed by atoms with Gasteiger partial charge in [0.05, 0.1) is 12.8 Å². The van der Waals surface area contributed by atoms with Crippen LogP contribution >= 0.6 is 11.6 Å². The zero-order valence-corrected chi connectivity index (χ0v) is 15.9. The van der Waals surface area contributed by atoms with Gasteiger partial charge >= 0.3 is 6.03 Å². The molecule has 3 rings (SSSR count). The van der Waals surface area contributed by atoms with Crippen LogP contribution in [0.15, 0.2) is 42.5 Å². The third-order valence-corrected chi connectivity index (χ3v) is 4.90. The number of ether oxygens (including phenoxy) is 1. The summed E-state index contributed by atoms with van der Waals surface area (Å²) in [5.74, 6) is 0.795. The van der Waals surface area contributed by atoms with E-state index in [4.69, 9.17) is 16.3 Å². The Balaban J connectivity index is 1.59. The van der Waals surface area contributed by atoms with Crippen molar-refractivity contribution in [3.8, 4) is 5.75 Å². The fourth-order valence-electron chi connectivity index (χ4n) is 3.09. The largest absolute Gasteiger partial charge is 0.495 e. The van der Waals surface area contributed by atoms with E-state index in [2.05, 4.69) is 17.1 Å². The molecule has 0 spiro atoms. The lowest BCUT2D eigenvalue weighted by Gasteiger charge is -2.36. The Hall–Kier alpha value is -2.40. The number of benzene rings is 2. The number of hydrogen-bond acceptors (Lipinski definition) is 3. The van der Waals surface area contributed by atoms with Crippen molar-refractivity contribution in [3.63, 3.8) is 0 Å². The lowest BCUT2D eigenvalue weighted by Crippen LogP contribution is -2.50. The van der Waals surface area contributed by atoms with Gasteiger partial charge in [0.25, 0.3) is 0 Å². The van der Waals surface area contributed by atoms with Crippen LogP contribution in [0.2, 0.25) is 5.02 Å². The number of nitrogens with one attached hydrogen (secondary N) is 1. The zero-order valence-electron chi connectivity index (χ0n) is 15.2. The number of hydrogen-bond donors (Lipinski definition) is 1. The molecule has 2 aromatic carbocycles. The van der Waals surface area contributed by atoms with Crippen LogP contribution in [0, 0.1) is 0 Å². The molecule has 1 aliphatic rings. The Bertz CT molecular complexity index is 756. The average Bonchev–Trinajstić information content (AvgIpc) is 2.68. The predicted octanol–water partition coefficient (Wildman–Crippen LogP) is 4.27. The van der Waals surface area contributed by atoms with E-state index in [1.807, 2.05) is 47.4 Å². The van der Waals surface area contributed by atoms with Crippen LogP contribution in [0.1, 0.15) is 12.5 Å². The van der Waals surface area contributed by atoms with E-state index >= 15 is 0 Å². The third kappa shape index (κ3) is 4.22. The molecule has 1 N–H and O–H groups in total. The Kier molecular flexibility index (Phi) is 5.89. The summed E-state index contributed by atoms with van der Waals surface area (Å²) < 4.78 is 5.43. The molecule has 1 heterocycles.